The average molecular weight is 529 g/mol. The Balaban J connectivity index is 1.31. The number of halogens is 2. The molecule has 1 N–H and O–H groups in total. The van der Waals surface area contributed by atoms with Crippen molar-refractivity contribution in [1.82, 2.24) is 0 Å². The van der Waals surface area contributed by atoms with E-state index >= 15 is 0 Å². The van der Waals surface area contributed by atoms with E-state index in [1.165, 1.54) is 6.08 Å². The molecular formula is C30H22Cl2N2O3. The van der Waals surface area contributed by atoms with E-state index in [1.807, 2.05) is 54.6 Å². The minimum atomic E-state index is -0.501. The third-order valence-corrected chi connectivity index (χ3v) is 5.77. The lowest BCUT2D eigenvalue weighted by atomic mass is 10.1. The van der Waals surface area contributed by atoms with Crippen molar-refractivity contribution >= 4 is 40.9 Å². The Hall–Kier alpha value is -4.24. The van der Waals surface area contributed by atoms with E-state index in [9.17, 15) is 10.1 Å². The number of ether oxygens (including phenoxy) is 2. The van der Waals surface area contributed by atoms with Gasteiger partial charge in [0.1, 0.15) is 36.4 Å². The van der Waals surface area contributed by atoms with Gasteiger partial charge in [-0.2, -0.15) is 5.26 Å². The van der Waals surface area contributed by atoms with E-state index < -0.39 is 5.91 Å². The summed E-state index contributed by atoms with van der Waals surface area (Å²) >= 11 is 11.9. The predicted molar refractivity (Wildman–Crippen MR) is 147 cm³/mol. The maximum Gasteiger partial charge on any atom is 0.266 e. The number of anilines is 1. The summed E-state index contributed by atoms with van der Waals surface area (Å²) in [7, 11) is 0. The second kappa shape index (κ2) is 12.6. The molecule has 0 aliphatic heterocycles. The number of benzene rings is 4. The van der Waals surface area contributed by atoms with Crippen LogP contribution in [0.15, 0.2) is 103 Å². The van der Waals surface area contributed by atoms with Gasteiger partial charge in [0.05, 0.1) is 0 Å². The zero-order valence-corrected chi connectivity index (χ0v) is 21.2. The Bertz CT molecular complexity index is 1430. The highest BCUT2D eigenvalue weighted by atomic mass is 35.5. The summed E-state index contributed by atoms with van der Waals surface area (Å²) in [5.41, 5.74) is 3.19. The van der Waals surface area contributed by atoms with Gasteiger partial charge < -0.3 is 14.8 Å². The predicted octanol–water partition coefficient (Wildman–Crippen LogP) is 7.70. The van der Waals surface area contributed by atoms with Gasteiger partial charge in [-0.15, -0.1) is 0 Å². The molecule has 0 spiro atoms. The number of rotatable bonds is 9. The van der Waals surface area contributed by atoms with Crippen molar-refractivity contribution in [2.75, 3.05) is 5.32 Å². The number of hydrogen-bond donors (Lipinski definition) is 1. The van der Waals surface area contributed by atoms with Crippen LogP contribution in [0.3, 0.4) is 0 Å². The maximum atomic E-state index is 12.6. The van der Waals surface area contributed by atoms with Crippen molar-refractivity contribution in [2.45, 2.75) is 13.2 Å². The average Bonchev–Trinajstić information content (AvgIpc) is 2.91. The summed E-state index contributed by atoms with van der Waals surface area (Å²) in [6, 6.07) is 30.9. The zero-order chi connectivity index (χ0) is 26.0. The molecule has 5 nitrogen and oxygen atoms in total. The first-order valence-corrected chi connectivity index (χ1v) is 12.1. The van der Waals surface area contributed by atoms with Gasteiger partial charge >= 0.3 is 0 Å². The van der Waals surface area contributed by atoms with E-state index in [4.69, 9.17) is 32.7 Å². The lowest BCUT2D eigenvalue weighted by molar-refractivity contribution is -0.112. The molecule has 37 heavy (non-hydrogen) atoms. The van der Waals surface area contributed by atoms with E-state index in [1.54, 1.807) is 48.5 Å². The summed E-state index contributed by atoms with van der Waals surface area (Å²) in [6.45, 7) is 0.779. The van der Waals surface area contributed by atoms with Crippen LogP contribution in [0.2, 0.25) is 10.0 Å². The largest absolute Gasteiger partial charge is 0.489 e. The number of amides is 1. The van der Waals surface area contributed by atoms with Crippen molar-refractivity contribution < 1.29 is 14.3 Å². The van der Waals surface area contributed by atoms with Gasteiger partial charge in [-0.25, -0.2) is 0 Å². The lowest BCUT2D eigenvalue weighted by Gasteiger charge is -2.09. The van der Waals surface area contributed by atoms with Gasteiger partial charge in [0.2, 0.25) is 0 Å². The summed E-state index contributed by atoms with van der Waals surface area (Å²) in [5.74, 6) is 0.818. The maximum absolute atomic E-state index is 12.6. The summed E-state index contributed by atoms with van der Waals surface area (Å²) < 4.78 is 11.5. The number of carbonyl (C=O) groups excluding carboxylic acids is 1. The number of carbonyl (C=O) groups is 1. The van der Waals surface area contributed by atoms with Crippen LogP contribution in [0.4, 0.5) is 5.69 Å². The molecule has 0 atom stereocenters. The Labute approximate surface area is 225 Å². The van der Waals surface area contributed by atoms with Crippen LogP contribution in [0.25, 0.3) is 6.08 Å². The third-order valence-electron chi connectivity index (χ3n) is 5.28. The fourth-order valence-electron chi connectivity index (χ4n) is 3.35. The SMILES string of the molecule is N#C/C(=C\c1ccc(OCc2cccc(Cl)c2)cc1)C(=O)Nc1ccc(OCc2ccc(Cl)cc2)cc1. The highest BCUT2D eigenvalue weighted by molar-refractivity contribution is 6.30. The van der Waals surface area contributed by atoms with Gasteiger partial charge in [-0.3, -0.25) is 4.79 Å². The highest BCUT2D eigenvalue weighted by Crippen LogP contribution is 2.20. The molecule has 0 fully saturated rings. The van der Waals surface area contributed by atoms with E-state index in [2.05, 4.69) is 5.32 Å². The molecule has 4 aromatic carbocycles. The van der Waals surface area contributed by atoms with Crippen LogP contribution in [0.5, 0.6) is 11.5 Å². The molecule has 0 radical (unpaired) electrons. The van der Waals surface area contributed by atoms with Gasteiger partial charge in [-0.1, -0.05) is 59.6 Å². The Morgan fingerprint density at radius 2 is 1.41 bits per heavy atom. The molecule has 4 rings (SSSR count). The first-order chi connectivity index (χ1) is 18.0. The van der Waals surface area contributed by atoms with Crippen LogP contribution in [0.1, 0.15) is 16.7 Å². The van der Waals surface area contributed by atoms with Crippen LogP contribution < -0.4 is 14.8 Å². The van der Waals surface area contributed by atoms with Crippen molar-refractivity contribution in [3.8, 4) is 17.6 Å². The van der Waals surface area contributed by atoms with E-state index in [0.717, 1.165) is 11.1 Å². The summed E-state index contributed by atoms with van der Waals surface area (Å²) in [5, 5.41) is 13.6. The Kier molecular flexibility index (Phi) is 8.83. The van der Waals surface area contributed by atoms with Gasteiger partial charge in [0, 0.05) is 15.7 Å². The van der Waals surface area contributed by atoms with Gasteiger partial charge in [-0.05, 0) is 83.4 Å². The molecule has 184 valence electrons. The third kappa shape index (κ3) is 7.88. The van der Waals surface area contributed by atoms with Crippen molar-refractivity contribution in [1.29, 1.82) is 5.26 Å². The van der Waals surface area contributed by atoms with Crippen LogP contribution in [0, 0.1) is 11.3 Å². The highest BCUT2D eigenvalue weighted by Gasteiger charge is 2.10. The van der Waals surface area contributed by atoms with Crippen molar-refractivity contribution in [2.24, 2.45) is 0 Å². The molecular weight excluding hydrogens is 507 g/mol. The second-order valence-corrected chi connectivity index (χ2v) is 8.92. The molecule has 0 unspecified atom stereocenters. The Morgan fingerprint density at radius 1 is 0.784 bits per heavy atom. The Morgan fingerprint density at radius 3 is 2.03 bits per heavy atom. The first kappa shape index (κ1) is 25.8. The fourth-order valence-corrected chi connectivity index (χ4v) is 3.69. The normalized spacial score (nSPS) is 10.9. The van der Waals surface area contributed by atoms with Crippen LogP contribution in [-0.2, 0) is 18.0 Å². The number of nitriles is 1. The fraction of sp³-hybridized carbons (Fsp3) is 0.0667. The summed E-state index contributed by atoms with van der Waals surface area (Å²) in [6.07, 6.45) is 1.53. The smallest absolute Gasteiger partial charge is 0.266 e. The summed E-state index contributed by atoms with van der Waals surface area (Å²) in [4.78, 5) is 12.6. The quantitative estimate of drug-likeness (QED) is 0.178. The zero-order valence-electron chi connectivity index (χ0n) is 19.7. The monoisotopic (exact) mass is 528 g/mol. The number of nitrogens with one attached hydrogen (secondary N) is 1. The molecule has 0 saturated carbocycles. The molecule has 4 aromatic rings. The molecule has 0 heterocycles. The minimum Gasteiger partial charge on any atom is -0.489 e. The lowest BCUT2D eigenvalue weighted by Crippen LogP contribution is -2.13. The van der Waals surface area contributed by atoms with Gasteiger partial charge in [0.25, 0.3) is 5.91 Å². The molecule has 0 bridgehead atoms. The second-order valence-electron chi connectivity index (χ2n) is 8.05. The number of nitrogens with zero attached hydrogens (tertiary/aromatic N) is 1. The van der Waals surface area contributed by atoms with Crippen molar-refractivity contribution in [3.05, 3.63) is 129 Å². The number of hydrogen-bond acceptors (Lipinski definition) is 4. The molecule has 0 saturated heterocycles. The topological polar surface area (TPSA) is 71.3 Å². The van der Waals surface area contributed by atoms with E-state index in [0.29, 0.717) is 46.0 Å². The molecule has 0 aromatic heterocycles. The minimum absolute atomic E-state index is 0.0179. The molecule has 7 heteroatoms. The molecule has 0 aliphatic rings. The molecule has 1 amide bonds. The molecule has 0 aliphatic carbocycles. The van der Waals surface area contributed by atoms with Crippen molar-refractivity contribution in [3.63, 3.8) is 0 Å². The van der Waals surface area contributed by atoms with Crippen LogP contribution in [-0.4, -0.2) is 5.91 Å². The standard InChI is InChI=1S/C30H22Cl2N2O3/c31-25-8-4-22(5-9-25)19-36-29-14-10-27(11-15-29)34-30(35)24(18-33)16-21-6-12-28(13-7-21)37-20-23-2-1-3-26(32)17-23/h1-17H,19-20H2,(H,34,35)/b24-16+. The van der Waals surface area contributed by atoms with Crippen LogP contribution >= 0.6 is 23.2 Å². The first-order valence-electron chi connectivity index (χ1n) is 11.4. The van der Waals surface area contributed by atoms with Gasteiger partial charge in [0.15, 0.2) is 0 Å². The van der Waals surface area contributed by atoms with E-state index in [-0.39, 0.29) is 5.57 Å².